The number of hydrogen-bond acceptors (Lipinski definition) is 9. The van der Waals surface area contributed by atoms with E-state index in [9.17, 15) is 18.7 Å². The van der Waals surface area contributed by atoms with E-state index in [4.69, 9.17) is 4.74 Å². The maximum Gasteiger partial charge on any atom is 0.310 e. The van der Waals surface area contributed by atoms with Gasteiger partial charge in [0.15, 0.2) is 0 Å². The summed E-state index contributed by atoms with van der Waals surface area (Å²) in [6, 6.07) is -0.484. The first-order chi connectivity index (χ1) is 10.3. The van der Waals surface area contributed by atoms with Gasteiger partial charge < -0.3 is 15.1 Å². The number of aromatic nitrogens is 2. The number of aliphatic hydroxyl groups is 1. The summed E-state index contributed by atoms with van der Waals surface area (Å²) in [5, 5.41) is 30.5. The van der Waals surface area contributed by atoms with Gasteiger partial charge in [0.1, 0.15) is 12.7 Å². The van der Waals surface area contributed by atoms with Crippen LogP contribution in [0.15, 0.2) is 4.34 Å². The summed E-state index contributed by atoms with van der Waals surface area (Å²) in [6.07, 6.45) is -0.852. The minimum Gasteiger partial charge on any atom is -0.623 e. The van der Waals surface area contributed by atoms with Crippen LogP contribution in [0.25, 0.3) is 0 Å². The average molecular weight is 352 g/mol. The van der Waals surface area contributed by atoms with Crippen molar-refractivity contribution in [2.45, 2.75) is 30.0 Å². The van der Waals surface area contributed by atoms with Crippen LogP contribution < -0.4 is 4.65 Å². The lowest BCUT2D eigenvalue weighted by Crippen LogP contribution is -2.51. The van der Waals surface area contributed by atoms with Crippen LogP contribution in [0.4, 0.5) is 5.13 Å². The summed E-state index contributed by atoms with van der Waals surface area (Å²) in [5.74, 6) is -0.0464. The van der Waals surface area contributed by atoms with Crippen LogP contribution in [-0.2, 0) is 14.6 Å². The minimum atomic E-state index is -3.52. The Morgan fingerprint density at radius 1 is 1.55 bits per heavy atom. The molecule has 9 nitrogen and oxygen atoms in total. The highest BCUT2D eigenvalue weighted by molar-refractivity contribution is 7.93. The Morgan fingerprint density at radius 2 is 2.23 bits per heavy atom. The number of aliphatic hydroxyl groups excluding tert-OH is 1. The van der Waals surface area contributed by atoms with Crippen LogP contribution in [0.5, 0.6) is 0 Å². The van der Waals surface area contributed by atoms with E-state index in [-0.39, 0.29) is 28.5 Å². The molecular formula is C11H20N4O5S2. The molecule has 3 atom stereocenters. The first-order valence-corrected chi connectivity index (χ1v) is 9.26. The molecule has 3 unspecified atom stereocenters. The van der Waals surface area contributed by atoms with Gasteiger partial charge in [0.2, 0.25) is 20.4 Å². The van der Waals surface area contributed by atoms with Crippen molar-refractivity contribution >= 4 is 26.3 Å². The molecule has 11 heteroatoms. The number of likely N-dealkylation sites (N-methyl/N-ethyl adjacent to an activating group) is 1. The van der Waals surface area contributed by atoms with E-state index in [1.54, 1.807) is 18.9 Å². The number of quaternary nitrogens is 1. The Hall–Kier alpha value is -0.690. The van der Waals surface area contributed by atoms with Gasteiger partial charge in [-0.1, -0.05) is 12.0 Å². The van der Waals surface area contributed by atoms with Gasteiger partial charge in [0.25, 0.3) is 0 Å². The molecule has 126 valence electrons. The Balaban J connectivity index is 2.31. The Kier molecular flexibility index (Phi) is 5.16. The normalized spacial score (nSPS) is 30.0. The molecule has 1 aliphatic heterocycles. The monoisotopic (exact) mass is 352 g/mol. The second kappa shape index (κ2) is 6.43. The quantitative estimate of drug-likeness (QED) is 0.551. The number of nitrogens with zero attached hydrogens (tertiary/aromatic N) is 4. The van der Waals surface area contributed by atoms with Gasteiger partial charge in [-0.05, 0) is 24.8 Å². The fourth-order valence-corrected chi connectivity index (χ4v) is 4.92. The number of hydroxylamine groups is 2. The molecule has 1 saturated heterocycles. The molecule has 0 aliphatic carbocycles. The molecule has 0 saturated carbocycles. The molecule has 1 aliphatic rings. The lowest BCUT2D eigenvalue weighted by Gasteiger charge is -2.37. The van der Waals surface area contributed by atoms with E-state index in [1.165, 1.54) is 7.11 Å². The fourth-order valence-electron chi connectivity index (χ4n) is 2.42. The van der Waals surface area contributed by atoms with Crippen LogP contribution in [0.2, 0.25) is 0 Å². The second-order valence-electron chi connectivity index (χ2n) is 5.30. The highest BCUT2D eigenvalue weighted by Crippen LogP contribution is 2.36. The first kappa shape index (κ1) is 17.7. The van der Waals surface area contributed by atoms with Crippen molar-refractivity contribution in [2.75, 3.05) is 33.2 Å². The number of methoxy groups -OCH3 is 1. The van der Waals surface area contributed by atoms with E-state index in [2.05, 4.69) is 10.2 Å². The summed E-state index contributed by atoms with van der Waals surface area (Å²) in [7, 11) is -0.345. The summed E-state index contributed by atoms with van der Waals surface area (Å²) >= 11 is 0.724. The molecule has 22 heavy (non-hydrogen) atoms. The van der Waals surface area contributed by atoms with Gasteiger partial charge in [-0.3, -0.25) is 4.65 Å². The topological polar surface area (TPSA) is 116 Å². The van der Waals surface area contributed by atoms with Crippen LogP contribution in [0, 0.1) is 5.21 Å². The van der Waals surface area contributed by atoms with Crippen LogP contribution in [0.1, 0.15) is 13.3 Å². The SMILES string of the molecule is CCCS(=O)(=O)c1nnc([N+]2([O-])CN(C)C(COC)C2O)s1. The van der Waals surface area contributed by atoms with Crippen LogP contribution in [0.3, 0.4) is 0 Å². The lowest BCUT2D eigenvalue weighted by atomic mass is 10.3. The van der Waals surface area contributed by atoms with E-state index in [0.717, 1.165) is 11.3 Å². The zero-order valence-corrected chi connectivity index (χ0v) is 14.3. The number of sulfone groups is 1. The van der Waals surface area contributed by atoms with Crippen molar-refractivity contribution in [1.82, 2.24) is 19.7 Å². The van der Waals surface area contributed by atoms with Crippen molar-refractivity contribution in [2.24, 2.45) is 0 Å². The van der Waals surface area contributed by atoms with Gasteiger partial charge >= 0.3 is 5.13 Å². The number of hydrogen-bond donors (Lipinski definition) is 1. The molecule has 0 amide bonds. The molecule has 0 radical (unpaired) electrons. The van der Waals surface area contributed by atoms with Gasteiger partial charge in [-0.25, -0.2) is 13.3 Å². The standard InChI is InChI=1S/C11H20N4O5S2/c1-4-5-22(18,19)11-13-12-10(21-11)15(17)7-14(2)8(6-20-3)9(15)16/h8-9,16H,4-7H2,1-3H3. The van der Waals surface area contributed by atoms with E-state index < -0.39 is 26.8 Å². The Labute approximate surface area is 133 Å². The van der Waals surface area contributed by atoms with Gasteiger partial charge in [-0.2, -0.15) is 0 Å². The molecule has 0 spiro atoms. The van der Waals surface area contributed by atoms with Crippen LogP contribution >= 0.6 is 11.3 Å². The molecule has 1 fully saturated rings. The molecule has 1 N–H and O–H groups in total. The molecule has 1 aromatic rings. The zero-order chi connectivity index (χ0) is 16.5. The summed E-state index contributed by atoms with van der Waals surface area (Å²) < 4.78 is 27.7. The Morgan fingerprint density at radius 3 is 2.82 bits per heavy atom. The smallest absolute Gasteiger partial charge is 0.310 e. The molecule has 0 aromatic carbocycles. The van der Waals surface area contributed by atoms with Crippen molar-refractivity contribution in [1.29, 1.82) is 0 Å². The predicted octanol–water partition coefficient (Wildman–Crippen LogP) is -0.237. The highest BCUT2D eigenvalue weighted by Gasteiger charge is 2.49. The molecule has 0 bridgehead atoms. The largest absolute Gasteiger partial charge is 0.623 e. The second-order valence-corrected chi connectivity index (χ2v) is 8.54. The summed E-state index contributed by atoms with van der Waals surface area (Å²) in [5.41, 5.74) is 0. The third kappa shape index (κ3) is 3.02. The average Bonchev–Trinajstić information content (AvgIpc) is 3.01. The maximum absolute atomic E-state index is 12.9. The summed E-state index contributed by atoms with van der Waals surface area (Å²) in [4.78, 5) is 1.67. The lowest BCUT2D eigenvalue weighted by molar-refractivity contribution is 0.0228. The van der Waals surface area contributed by atoms with Gasteiger partial charge in [-0.15, -0.1) is 5.10 Å². The third-order valence-electron chi connectivity index (χ3n) is 3.57. The number of rotatable bonds is 6. The van der Waals surface area contributed by atoms with E-state index in [1.807, 2.05) is 0 Å². The molecule has 2 heterocycles. The minimum absolute atomic E-state index is 0.0440. The van der Waals surface area contributed by atoms with Crippen molar-refractivity contribution < 1.29 is 18.3 Å². The zero-order valence-electron chi connectivity index (χ0n) is 12.7. The Bertz CT molecular complexity index is 622. The first-order valence-electron chi connectivity index (χ1n) is 6.79. The van der Waals surface area contributed by atoms with Crippen molar-refractivity contribution in [3.63, 3.8) is 0 Å². The molecular weight excluding hydrogens is 332 g/mol. The van der Waals surface area contributed by atoms with Crippen molar-refractivity contribution in [3.05, 3.63) is 5.21 Å². The van der Waals surface area contributed by atoms with Gasteiger partial charge in [0.05, 0.1) is 12.4 Å². The van der Waals surface area contributed by atoms with Crippen molar-refractivity contribution in [3.8, 4) is 0 Å². The molecule has 2 rings (SSSR count). The van der Waals surface area contributed by atoms with Crippen LogP contribution in [-0.4, -0.2) is 74.1 Å². The number of ether oxygens (including phenoxy) is 1. The summed E-state index contributed by atoms with van der Waals surface area (Å²) in [6.45, 7) is 1.90. The highest BCUT2D eigenvalue weighted by atomic mass is 32.2. The van der Waals surface area contributed by atoms with E-state index in [0.29, 0.717) is 6.42 Å². The van der Waals surface area contributed by atoms with Gasteiger partial charge in [0, 0.05) is 7.11 Å². The fraction of sp³-hybridized carbons (Fsp3) is 0.818. The predicted molar refractivity (Wildman–Crippen MR) is 81.7 cm³/mol. The third-order valence-corrected chi connectivity index (χ3v) is 6.97. The maximum atomic E-state index is 12.9. The van der Waals surface area contributed by atoms with E-state index >= 15 is 0 Å². The molecule has 1 aromatic heterocycles.